The molecule has 0 aliphatic heterocycles. The molecule has 0 saturated heterocycles. The van der Waals surface area contributed by atoms with Crippen molar-refractivity contribution in [2.24, 2.45) is 17.6 Å². The molecule has 0 spiro atoms. The molecule has 0 heterocycles. The summed E-state index contributed by atoms with van der Waals surface area (Å²) in [5.41, 5.74) is 6.16. The van der Waals surface area contributed by atoms with Crippen molar-refractivity contribution in [1.29, 1.82) is 0 Å². The van der Waals surface area contributed by atoms with E-state index in [2.05, 4.69) is 0 Å². The van der Waals surface area contributed by atoms with Gasteiger partial charge in [0.1, 0.15) is 17.7 Å². The summed E-state index contributed by atoms with van der Waals surface area (Å²) in [6.07, 6.45) is -1.15. The lowest BCUT2D eigenvalue weighted by atomic mass is 9.87. The molecule has 2 N–H and O–H groups in total. The van der Waals surface area contributed by atoms with Gasteiger partial charge in [0, 0.05) is 11.5 Å². The average Bonchev–Trinajstić information content (AvgIpc) is 2.38. The number of methoxy groups -OCH3 is 2. The first kappa shape index (κ1) is 14.8. The van der Waals surface area contributed by atoms with Gasteiger partial charge in [0.15, 0.2) is 0 Å². The predicted octanol–water partition coefficient (Wildman–Crippen LogP) is 2.95. The first-order valence-corrected chi connectivity index (χ1v) is 6.11. The zero-order valence-corrected chi connectivity index (χ0v) is 11.4. The smallest absolute Gasteiger partial charge is 0.133 e. The predicted molar refractivity (Wildman–Crippen MR) is 70.8 cm³/mol. The molecule has 0 aromatic heterocycles. The van der Waals surface area contributed by atoms with Crippen LogP contribution in [0.3, 0.4) is 0 Å². The van der Waals surface area contributed by atoms with E-state index in [9.17, 15) is 4.39 Å². The average molecular weight is 255 g/mol. The summed E-state index contributed by atoms with van der Waals surface area (Å²) < 4.78 is 24.9. The number of benzene rings is 1. The van der Waals surface area contributed by atoms with Gasteiger partial charge in [0.05, 0.1) is 14.2 Å². The maximum Gasteiger partial charge on any atom is 0.133 e. The summed E-state index contributed by atoms with van der Waals surface area (Å²) in [5, 5.41) is 0. The highest BCUT2D eigenvalue weighted by atomic mass is 19.1. The van der Waals surface area contributed by atoms with E-state index in [4.69, 9.17) is 15.2 Å². The Balaban J connectivity index is 3.12. The molecule has 0 bridgehead atoms. The second-order valence-electron chi connectivity index (χ2n) is 4.65. The Morgan fingerprint density at radius 2 is 1.89 bits per heavy atom. The molecule has 0 fully saturated rings. The van der Waals surface area contributed by atoms with E-state index in [-0.39, 0.29) is 11.8 Å². The third-order valence-electron chi connectivity index (χ3n) is 3.24. The first-order chi connectivity index (χ1) is 8.54. The van der Waals surface area contributed by atoms with Gasteiger partial charge >= 0.3 is 0 Å². The quantitative estimate of drug-likeness (QED) is 0.850. The van der Waals surface area contributed by atoms with Crippen molar-refractivity contribution in [1.82, 2.24) is 0 Å². The van der Waals surface area contributed by atoms with Crippen LogP contribution in [-0.2, 0) is 0 Å². The Labute approximate surface area is 108 Å². The van der Waals surface area contributed by atoms with E-state index < -0.39 is 6.17 Å². The van der Waals surface area contributed by atoms with Crippen LogP contribution in [0.1, 0.15) is 25.6 Å². The van der Waals surface area contributed by atoms with Gasteiger partial charge in [0.25, 0.3) is 0 Å². The third kappa shape index (κ3) is 3.13. The molecule has 0 aliphatic rings. The van der Waals surface area contributed by atoms with Crippen molar-refractivity contribution >= 4 is 0 Å². The first-order valence-electron chi connectivity index (χ1n) is 6.11. The van der Waals surface area contributed by atoms with Crippen molar-refractivity contribution in [2.75, 3.05) is 20.8 Å². The summed E-state index contributed by atoms with van der Waals surface area (Å²) in [7, 11) is 3.09. The van der Waals surface area contributed by atoms with Gasteiger partial charge in [-0.1, -0.05) is 13.8 Å². The van der Waals surface area contributed by atoms with Gasteiger partial charge in [-0.15, -0.1) is 0 Å². The number of halogens is 1. The molecule has 2 unspecified atom stereocenters. The fourth-order valence-electron chi connectivity index (χ4n) is 2.02. The van der Waals surface area contributed by atoms with Crippen LogP contribution in [0, 0.1) is 11.8 Å². The minimum Gasteiger partial charge on any atom is -0.497 e. The zero-order valence-electron chi connectivity index (χ0n) is 11.4. The number of nitrogens with two attached hydrogens (primary N) is 1. The molecule has 0 amide bonds. The SMILES string of the molecule is COc1ccc(OC)c(C(F)C(CN)C(C)C)c1. The molecule has 0 aliphatic carbocycles. The fourth-order valence-corrected chi connectivity index (χ4v) is 2.02. The summed E-state index contributed by atoms with van der Waals surface area (Å²) in [6.45, 7) is 4.24. The van der Waals surface area contributed by atoms with E-state index in [0.717, 1.165) is 0 Å². The van der Waals surface area contributed by atoms with E-state index >= 15 is 0 Å². The minimum atomic E-state index is -1.15. The standard InChI is InChI=1S/C14H22FNO2/c1-9(2)12(8-16)14(15)11-7-10(17-3)5-6-13(11)18-4/h5-7,9,12,14H,8,16H2,1-4H3. The normalized spacial score (nSPS) is 14.4. The summed E-state index contributed by atoms with van der Waals surface area (Å²) in [5.74, 6) is 1.09. The Kier molecular flexibility index (Phi) is 5.41. The van der Waals surface area contributed by atoms with Crippen molar-refractivity contribution in [3.8, 4) is 11.5 Å². The van der Waals surface area contributed by atoms with Crippen LogP contribution in [-0.4, -0.2) is 20.8 Å². The van der Waals surface area contributed by atoms with E-state index in [1.165, 1.54) is 7.11 Å². The lowest BCUT2D eigenvalue weighted by Crippen LogP contribution is -2.25. The topological polar surface area (TPSA) is 44.5 Å². The molecular weight excluding hydrogens is 233 g/mol. The van der Waals surface area contributed by atoms with Crippen LogP contribution in [0.15, 0.2) is 18.2 Å². The van der Waals surface area contributed by atoms with Gasteiger partial charge in [-0.3, -0.25) is 0 Å². The van der Waals surface area contributed by atoms with Crippen molar-refractivity contribution < 1.29 is 13.9 Å². The lowest BCUT2D eigenvalue weighted by molar-refractivity contribution is 0.184. The second kappa shape index (κ2) is 6.59. The number of alkyl halides is 1. The minimum absolute atomic E-state index is 0.168. The highest BCUT2D eigenvalue weighted by molar-refractivity contribution is 5.42. The van der Waals surface area contributed by atoms with Gasteiger partial charge in [-0.2, -0.15) is 0 Å². The van der Waals surface area contributed by atoms with Gasteiger partial charge in [0.2, 0.25) is 0 Å². The highest BCUT2D eigenvalue weighted by Crippen LogP contribution is 2.38. The van der Waals surface area contributed by atoms with Crippen molar-refractivity contribution in [2.45, 2.75) is 20.0 Å². The molecule has 18 heavy (non-hydrogen) atoms. The Morgan fingerprint density at radius 1 is 1.22 bits per heavy atom. The Morgan fingerprint density at radius 3 is 2.33 bits per heavy atom. The molecular formula is C14H22FNO2. The maximum absolute atomic E-state index is 14.6. The van der Waals surface area contributed by atoms with Crippen LogP contribution < -0.4 is 15.2 Å². The lowest BCUT2D eigenvalue weighted by Gasteiger charge is -2.24. The molecule has 0 radical (unpaired) electrons. The number of hydrogen-bond donors (Lipinski definition) is 1. The van der Waals surface area contributed by atoms with Crippen LogP contribution >= 0.6 is 0 Å². The van der Waals surface area contributed by atoms with Crippen molar-refractivity contribution in [3.05, 3.63) is 23.8 Å². The number of ether oxygens (including phenoxy) is 2. The molecule has 4 heteroatoms. The van der Waals surface area contributed by atoms with Crippen LogP contribution in [0.5, 0.6) is 11.5 Å². The zero-order chi connectivity index (χ0) is 13.7. The van der Waals surface area contributed by atoms with Crippen molar-refractivity contribution in [3.63, 3.8) is 0 Å². The van der Waals surface area contributed by atoms with Crippen LogP contribution in [0.4, 0.5) is 4.39 Å². The van der Waals surface area contributed by atoms with Crippen LogP contribution in [0.2, 0.25) is 0 Å². The van der Waals surface area contributed by atoms with Gasteiger partial charge in [-0.25, -0.2) is 4.39 Å². The molecule has 3 nitrogen and oxygen atoms in total. The molecule has 1 aromatic rings. The highest BCUT2D eigenvalue weighted by Gasteiger charge is 2.27. The Bertz CT molecular complexity index is 382. The number of hydrogen-bond acceptors (Lipinski definition) is 3. The summed E-state index contributed by atoms with van der Waals surface area (Å²) in [4.78, 5) is 0. The summed E-state index contributed by atoms with van der Waals surface area (Å²) in [6, 6.07) is 5.14. The number of rotatable bonds is 6. The van der Waals surface area contributed by atoms with E-state index in [0.29, 0.717) is 23.6 Å². The molecule has 2 atom stereocenters. The van der Waals surface area contributed by atoms with E-state index in [1.807, 2.05) is 13.8 Å². The molecule has 0 saturated carbocycles. The maximum atomic E-state index is 14.6. The molecule has 102 valence electrons. The molecule has 1 rings (SSSR count). The summed E-state index contributed by atoms with van der Waals surface area (Å²) >= 11 is 0. The largest absolute Gasteiger partial charge is 0.497 e. The van der Waals surface area contributed by atoms with Crippen LogP contribution in [0.25, 0.3) is 0 Å². The fraction of sp³-hybridized carbons (Fsp3) is 0.571. The van der Waals surface area contributed by atoms with Gasteiger partial charge in [-0.05, 0) is 30.7 Å². The molecule has 1 aromatic carbocycles. The third-order valence-corrected chi connectivity index (χ3v) is 3.24. The second-order valence-corrected chi connectivity index (χ2v) is 4.65. The van der Waals surface area contributed by atoms with Gasteiger partial charge < -0.3 is 15.2 Å². The monoisotopic (exact) mass is 255 g/mol. The van der Waals surface area contributed by atoms with E-state index in [1.54, 1.807) is 25.3 Å². The Hall–Kier alpha value is -1.29.